The summed E-state index contributed by atoms with van der Waals surface area (Å²) in [6, 6.07) is 4.26. The average molecular weight is 227 g/mol. The van der Waals surface area contributed by atoms with Crippen LogP contribution in [0.1, 0.15) is 22.1 Å². The van der Waals surface area contributed by atoms with Gasteiger partial charge in [-0.2, -0.15) is 0 Å². The number of aryl methyl sites for hydroxylation is 1. The van der Waals surface area contributed by atoms with E-state index in [9.17, 15) is 4.79 Å². The maximum Gasteiger partial charge on any atom is 0.220 e. The first-order valence-corrected chi connectivity index (χ1v) is 6.50. The van der Waals surface area contributed by atoms with Crippen LogP contribution in [0.5, 0.6) is 0 Å². The third kappa shape index (κ3) is 1.81. The molecule has 0 N–H and O–H groups in total. The van der Waals surface area contributed by atoms with Crippen LogP contribution in [0.4, 0.5) is 0 Å². The number of nitrogens with zero attached hydrogens (tertiary/aromatic N) is 1. The van der Waals surface area contributed by atoms with Crippen LogP contribution >= 0.6 is 23.1 Å². The minimum atomic E-state index is 0.186. The van der Waals surface area contributed by atoms with E-state index in [4.69, 9.17) is 0 Å². The van der Waals surface area contributed by atoms with Gasteiger partial charge >= 0.3 is 0 Å². The molecule has 2 nitrogen and oxygen atoms in total. The fourth-order valence-corrected chi connectivity index (χ4v) is 4.04. The van der Waals surface area contributed by atoms with Crippen molar-refractivity contribution in [2.75, 3.05) is 12.3 Å². The van der Waals surface area contributed by atoms with E-state index in [1.165, 1.54) is 9.75 Å². The molecule has 2 heterocycles. The van der Waals surface area contributed by atoms with Crippen LogP contribution < -0.4 is 0 Å². The Morgan fingerprint density at radius 2 is 2.36 bits per heavy atom. The minimum absolute atomic E-state index is 0.186. The van der Waals surface area contributed by atoms with E-state index in [1.54, 1.807) is 18.3 Å². The number of rotatable bonds is 1. The standard InChI is InChI=1S/C10H13NOS2/c1-7-3-4-9(14-7)10-11(8(2)12)5-6-13-10/h3-4,10H,5-6H2,1-2H3/t10-/m0/s1. The SMILES string of the molecule is CC(=O)N1CCS[C@H]1c1ccc(C)s1. The summed E-state index contributed by atoms with van der Waals surface area (Å²) in [7, 11) is 0. The monoisotopic (exact) mass is 227 g/mol. The summed E-state index contributed by atoms with van der Waals surface area (Å²) in [5.41, 5.74) is 0. The van der Waals surface area contributed by atoms with E-state index in [-0.39, 0.29) is 11.3 Å². The first-order valence-electron chi connectivity index (χ1n) is 4.63. The van der Waals surface area contributed by atoms with Crippen LogP contribution in [0.2, 0.25) is 0 Å². The normalized spacial score (nSPS) is 21.6. The third-order valence-corrected chi connectivity index (χ3v) is 4.74. The number of hydrogen-bond donors (Lipinski definition) is 0. The van der Waals surface area contributed by atoms with Crippen LogP contribution in [0, 0.1) is 6.92 Å². The van der Waals surface area contributed by atoms with Gasteiger partial charge in [-0.15, -0.1) is 23.1 Å². The first-order chi connectivity index (χ1) is 6.68. The number of thiophene rings is 1. The molecule has 1 atom stereocenters. The highest BCUT2D eigenvalue weighted by Crippen LogP contribution is 2.40. The van der Waals surface area contributed by atoms with Crippen molar-refractivity contribution in [1.82, 2.24) is 4.90 Å². The number of hydrogen-bond acceptors (Lipinski definition) is 3. The summed E-state index contributed by atoms with van der Waals surface area (Å²) in [5, 5.41) is 0.270. The second-order valence-electron chi connectivity index (χ2n) is 3.38. The molecular formula is C10H13NOS2. The van der Waals surface area contributed by atoms with Gasteiger partial charge in [0.05, 0.1) is 0 Å². The lowest BCUT2D eigenvalue weighted by atomic mass is 10.4. The molecule has 1 aromatic heterocycles. The van der Waals surface area contributed by atoms with Gasteiger partial charge in [0.2, 0.25) is 5.91 Å². The van der Waals surface area contributed by atoms with Crippen LogP contribution in [0.15, 0.2) is 12.1 Å². The fourth-order valence-electron chi connectivity index (χ4n) is 1.61. The molecule has 0 radical (unpaired) electrons. The van der Waals surface area contributed by atoms with E-state index in [1.807, 2.05) is 16.7 Å². The predicted octanol–water partition coefficient (Wildman–Crippen LogP) is 2.65. The Kier molecular flexibility index (Phi) is 2.83. The molecule has 1 aliphatic heterocycles. The minimum Gasteiger partial charge on any atom is -0.325 e. The van der Waals surface area contributed by atoms with Crippen LogP contribution in [0.3, 0.4) is 0 Å². The quantitative estimate of drug-likeness (QED) is 0.735. The fraction of sp³-hybridized carbons (Fsp3) is 0.500. The van der Waals surface area contributed by atoms with Gasteiger partial charge in [0, 0.05) is 29.0 Å². The summed E-state index contributed by atoms with van der Waals surface area (Å²) in [4.78, 5) is 15.9. The largest absolute Gasteiger partial charge is 0.325 e. The zero-order chi connectivity index (χ0) is 10.1. The molecule has 76 valence electrons. The van der Waals surface area contributed by atoms with Crippen molar-refractivity contribution in [3.63, 3.8) is 0 Å². The van der Waals surface area contributed by atoms with Gasteiger partial charge in [-0.1, -0.05) is 0 Å². The second kappa shape index (κ2) is 3.95. The number of carbonyl (C=O) groups is 1. The summed E-state index contributed by atoms with van der Waals surface area (Å²) in [6.45, 7) is 4.65. The van der Waals surface area contributed by atoms with Crippen LogP contribution in [0.25, 0.3) is 0 Å². The molecule has 1 saturated heterocycles. The highest BCUT2D eigenvalue weighted by Gasteiger charge is 2.29. The molecule has 4 heteroatoms. The van der Waals surface area contributed by atoms with E-state index in [0.29, 0.717) is 0 Å². The van der Waals surface area contributed by atoms with Crippen molar-refractivity contribution >= 4 is 29.0 Å². The van der Waals surface area contributed by atoms with Gasteiger partial charge < -0.3 is 4.90 Å². The van der Waals surface area contributed by atoms with Gasteiger partial charge in [0.25, 0.3) is 0 Å². The molecule has 0 bridgehead atoms. The second-order valence-corrected chi connectivity index (χ2v) is 5.89. The predicted molar refractivity (Wildman–Crippen MR) is 61.6 cm³/mol. The molecule has 2 rings (SSSR count). The van der Waals surface area contributed by atoms with Crippen molar-refractivity contribution in [2.24, 2.45) is 0 Å². The summed E-state index contributed by atoms with van der Waals surface area (Å²) in [6.07, 6.45) is 0. The highest BCUT2D eigenvalue weighted by molar-refractivity contribution is 7.99. The van der Waals surface area contributed by atoms with Gasteiger partial charge in [0.15, 0.2) is 0 Å². The highest BCUT2D eigenvalue weighted by atomic mass is 32.2. The molecule has 0 saturated carbocycles. The van der Waals surface area contributed by atoms with Crippen molar-refractivity contribution in [1.29, 1.82) is 0 Å². The summed E-state index contributed by atoms with van der Waals surface area (Å²) in [5.74, 6) is 1.24. The lowest BCUT2D eigenvalue weighted by Gasteiger charge is -2.20. The van der Waals surface area contributed by atoms with Gasteiger partial charge in [-0.05, 0) is 19.1 Å². The van der Waals surface area contributed by atoms with Crippen molar-refractivity contribution in [3.05, 3.63) is 21.9 Å². The van der Waals surface area contributed by atoms with Crippen molar-refractivity contribution in [2.45, 2.75) is 19.2 Å². The van der Waals surface area contributed by atoms with E-state index in [0.717, 1.165) is 12.3 Å². The molecule has 1 fully saturated rings. The summed E-state index contributed by atoms with van der Waals surface area (Å²) >= 11 is 3.65. The number of thioether (sulfide) groups is 1. The van der Waals surface area contributed by atoms with Crippen molar-refractivity contribution < 1.29 is 4.79 Å². The average Bonchev–Trinajstić information content (AvgIpc) is 2.70. The third-order valence-electron chi connectivity index (χ3n) is 2.30. The topological polar surface area (TPSA) is 20.3 Å². The van der Waals surface area contributed by atoms with Crippen molar-refractivity contribution in [3.8, 4) is 0 Å². The van der Waals surface area contributed by atoms with E-state index >= 15 is 0 Å². The maximum atomic E-state index is 11.4. The summed E-state index contributed by atoms with van der Waals surface area (Å²) < 4.78 is 0. The number of amides is 1. The molecule has 0 aliphatic carbocycles. The number of carbonyl (C=O) groups excluding carboxylic acids is 1. The lowest BCUT2D eigenvalue weighted by molar-refractivity contribution is -0.128. The Morgan fingerprint density at radius 1 is 1.57 bits per heavy atom. The molecule has 14 heavy (non-hydrogen) atoms. The maximum absolute atomic E-state index is 11.4. The zero-order valence-corrected chi connectivity index (χ0v) is 9.95. The Bertz CT molecular complexity index is 348. The van der Waals surface area contributed by atoms with Gasteiger partial charge in [0.1, 0.15) is 5.37 Å². The van der Waals surface area contributed by atoms with Crippen LogP contribution in [-0.2, 0) is 4.79 Å². The van der Waals surface area contributed by atoms with Gasteiger partial charge in [-0.25, -0.2) is 0 Å². The molecule has 1 amide bonds. The Balaban J connectivity index is 2.21. The Morgan fingerprint density at radius 3 is 2.93 bits per heavy atom. The smallest absolute Gasteiger partial charge is 0.220 e. The van der Waals surface area contributed by atoms with E-state index in [2.05, 4.69) is 19.1 Å². The molecule has 1 aliphatic rings. The molecular weight excluding hydrogens is 214 g/mol. The molecule has 0 spiro atoms. The van der Waals surface area contributed by atoms with Gasteiger partial charge in [-0.3, -0.25) is 4.79 Å². The van der Waals surface area contributed by atoms with Crippen LogP contribution in [-0.4, -0.2) is 23.1 Å². The first kappa shape index (κ1) is 10.1. The molecule has 1 aromatic rings. The Hall–Kier alpha value is -0.480. The molecule has 0 aromatic carbocycles. The zero-order valence-electron chi connectivity index (χ0n) is 8.32. The lowest BCUT2D eigenvalue weighted by Crippen LogP contribution is -2.27. The Labute approximate surface area is 92.3 Å². The van der Waals surface area contributed by atoms with E-state index < -0.39 is 0 Å². The molecule has 0 unspecified atom stereocenters.